The Morgan fingerprint density at radius 1 is 1.12 bits per heavy atom. The van der Waals surface area contributed by atoms with Crippen LogP contribution in [0.5, 0.6) is 0 Å². The van der Waals surface area contributed by atoms with Gasteiger partial charge >= 0.3 is 5.97 Å². The third kappa shape index (κ3) is 10.3. The van der Waals surface area contributed by atoms with E-state index >= 15 is 0 Å². The topological polar surface area (TPSA) is 52.6 Å². The van der Waals surface area contributed by atoms with Gasteiger partial charge in [0, 0.05) is 20.0 Å². The summed E-state index contributed by atoms with van der Waals surface area (Å²) in [6.45, 7) is 19.3. The molecule has 152 valence electrons. The van der Waals surface area contributed by atoms with Crippen LogP contribution in [-0.4, -0.2) is 32.8 Å². The molecular formula is C21H40O4Si. The van der Waals surface area contributed by atoms with Crippen LogP contribution in [-0.2, 0) is 18.8 Å². The Hall–Kier alpha value is -0.943. The maximum Gasteiger partial charge on any atom is 0.303 e. The largest absolute Gasteiger partial charge is 0.454 e. The van der Waals surface area contributed by atoms with Crippen LogP contribution in [0.25, 0.3) is 0 Å². The van der Waals surface area contributed by atoms with Crippen molar-refractivity contribution in [3.05, 3.63) is 11.6 Å². The van der Waals surface area contributed by atoms with Crippen molar-refractivity contribution in [2.75, 3.05) is 6.61 Å². The zero-order valence-corrected chi connectivity index (χ0v) is 19.4. The van der Waals surface area contributed by atoms with Gasteiger partial charge in [0.05, 0.1) is 0 Å². The highest BCUT2D eigenvalue weighted by atomic mass is 28.4. The number of ether oxygens (including phenoxy) is 1. The highest BCUT2D eigenvalue weighted by Crippen LogP contribution is 2.36. The molecule has 1 unspecified atom stereocenters. The Bertz CT molecular complexity index is 489. The van der Waals surface area contributed by atoms with Crippen molar-refractivity contribution in [3.63, 3.8) is 0 Å². The molecule has 0 aromatic heterocycles. The highest BCUT2D eigenvalue weighted by molar-refractivity contribution is 6.74. The fraction of sp³-hybridized carbons (Fsp3) is 0.810. The van der Waals surface area contributed by atoms with Crippen LogP contribution in [0.4, 0.5) is 0 Å². The van der Waals surface area contributed by atoms with Crippen molar-refractivity contribution >= 4 is 20.1 Å². The number of Topliss-reactive ketones (excluding diaryl/α,β-unsaturated/α-hetero) is 1. The van der Waals surface area contributed by atoms with E-state index < -0.39 is 20.4 Å². The van der Waals surface area contributed by atoms with Crippen LogP contribution >= 0.6 is 0 Å². The molecule has 0 bridgehead atoms. The fourth-order valence-corrected chi connectivity index (χ4v) is 3.42. The molecule has 0 saturated carbocycles. The zero-order valence-electron chi connectivity index (χ0n) is 18.4. The van der Waals surface area contributed by atoms with Gasteiger partial charge in [-0.25, -0.2) is 0 Å². The van der Waals surface area contributed by atoms with Crippen LogP contribution in [0.2, 0.25) is 18.1 Å². The Kier molecular flexibility index (Phi) is 10.6. The summed E-state index contributed by atoms with van der Waals surface area (Å²) in [7, 11) is -1.66. The minimum atomic E-state index is -1.66. The molecule has 0 aliphatic carbocycles. The van der Waals surface area contributed by atoms with E-state index in [1.54, 1.807) is 0 Å². The van der Waals surface area contributed by atoms with Gasteiger partial charge in [-0.2, -0.15) is 0 Å². The molecular weight excluding hydrogens is 344 g/mol. The van der Waals surface area contributed by atoms with Gasteiger partial charge in [-0.05, 0) is 57.2 Å². The van der Waals surface area contributed by atoms with E-state index in [1.165, 1.54) is 19.4 Å². The van der Waals surface area contributed by atoms with Gasteiger partial charge < -0.3 is 9.16 Å². The molecule has 0 spiro atoms. The summed E-state index contributed by atoms with van der Waals surface area (Å²) in [6, 6.07) is 0. The molecule has 4 nitrogen and oxygen atoms in total. The van der Waals surface area contributed by atoms with Crippen LogP contribution in [0.3, 0.4) is 0 Å². The van der Waals surface area contributed by atoms with Gasteiger partial charge in [0.15, 0.2) is 20.2 Å². The smallest absolute Gasteiger partial charge is 0.303 e. The summed E-state index contributed by atoms with van der Waals surface area (Å²) in [4.78, 5) is 22.5. The Morgan fingerprint density at radius 3 is 2.15 bits per heavy atom. The van der Waals surface area contributed by atoms with E-state index in [1.807, 2.05) is 6.08 Å². The van der Waals surface area contributed by atoms with Crippen LogP contribution in [0.1, 0.15) is 74.1 Å². The molecule has 0 radical (unpaired) electrons. The number of hydrogen-bond donors (Lipinski definition) is 0. The second-order valence-electron chi connectivity index (χ2n) is 9.06. The van der Waals surface area contributed by atoms with E-state index in [-0.39, 0.29) is 10.8 Å². The van der Waals surface area contributed by atoms with Crippen molar-refractivity contribution in [2.45, 2.75) is 98.4 Å². The van der Waals surface area contributed by atoms with E-state index in [0.29, 0.717) is 12.3 Å². The van der Waals surface area contributed by atoms with E-state index in [4.69, 9.17) is 9.16 Å². The van der Waals surface area contributed by atoms with E-state index in [2.05, 4.69) is 47.7 Å². The number of ketones is 1. The van der Waals surface area contributed by atoms with Crippen molar-refractivity contribution in [3.8, 4) is 0 Å². The third-order valence-corrected chi connectivity index (χ3v) is 9.75. The quantitative estimate of drug-likeness (QED) is 0.261. The molecule has 0 fully saturated rings. The number of hydrogen-bond acceptors (Lipinski definition) is 4. The van der Waals surface area contributed by atoms with Gasteiger partial charge in [-0.1, -0.05) is 39.3 Å². The fourth-order valence-electron chi connectivity index (χ4n) is 2.29. The molecule has 0 amide bonds. The number of rotatable bonds is 11. The van der Waals surface area contributed by atoms with Gasteiger partial charge in [0.2, 0.25) is 0 Å². The average Bonchev–Trinajstić information content (AvgIpc) is 2.47. The summed E-state index contributed by atoms with van der Waals surface area (Å²) in [5, 5.41) is 0.251. The normalized spacial score (nSPS) is 15.5. The Balaban J connectivity index is 4.25. The molecule has 0 aromatic carbocycles. The van der Waals surface area contributed by atoms with Gasteiger partial charge in [-0.3, -0.25) is 9.59 Å². The van der Waals surface area contributed by atoms with Crippen molar-refractivity contribution in [1.82, 2.24) is 0 Å². The molecule has 0 N–H and O–H groups in total. The molecule has 2 atom stereocenters. The first kappa shape index (κ1) is 25.1. The van der Waals surface area contributed by atoms with Crippen LogP contribution < -0.4 is 0 Å². The second kappa shape index (κ2) is 11.0. The first-order valence-electron chi connectivity index (χ1n) is 9.73. The highest BCUT2D eigenvalue weighted by Gasteiger charge is 2.37. The molecule has 0 heterocycles. The Morgan fingerprint density at radius 2 is 1.69 bits per heavy atom. The van der Waals surface area contributed by atoms with Crippen molar-refractivity contribution in [1.29, 1.82) is 0 Å². The zero-order chi connectivity index (χ0) is 20.5. The molecule has 26 heavy (non-hydrogen) atoms. The summed E-state index contributed by atoms with van der Waals surface area (Å²) in [5.41, 5.74) is 1.24. The summed E-state index contributed by atoms with van der Waals surface area (Å²) >= 11 is 0. The molecule has 0 aliphatic rings. The first-order chi connectivity index (χ1) is 11.8. The van der Waals surface area contributed by atoms with Gasteiger partial charge in [-0.15, -0.1) is 0 Å². The van der Waals surface area contributed by atoms with Crippen molar-refractivity contribution in [2.24, 2.45) is 5.92 Å². The summed E-state index contributed by atoms with van der Waals surface area (Å²) < 4.78 is 11.3. The predicted molar refractivity (Wildman–Crippen MR) is 111 cm³/mol. The van der Waals surface area contributed by atoms with E-state index in [9.17, 15) is 9.59 Å². The van der Waals surface area contributed by atoms with Crippen LogP contribution in [0, 0.1) is 5.92 Å². The number of carbonyl (C=O) groups is 2. The SMILES string of the molecule is CC(=O)OC(C/C=C(\C)CCC[C@H](C)CO[Si](C)(C)C(C)(C)C)C(C)=O. The lowest BCUT2D eigenvalue weighted by Crippen LogP contribution is -2.41. The number of esters is 1. The molecule has 5 heteroatoms. The van der Waals surface area contributed by atoms with Gasteiger partial charge in [0.25, 0.3) is 0 Å². The molecule has 0 aromatic rings. The molecule has 0 saturated heterocycles. The minimum absolute atomic E-state index is 0.111. The van der Waals surface area contributed by atoms with Crippen molar-refractivity contribution < 1.29 is 18.8 Å². The molecule has 0 aliphatic heterocycles. The monoisotopic (exact) mass is 384 g/mol. The first-order valence-corrected chi connectivity index (χ1v) is 12.6. The minimum Gasteiger partial charge on any atom is -0.454 e. The standard InChI is InChI=1S/C21H40O4Si/c1-16(13-14-20(18(3)22)25-19(4)23)11-10-12-17(2)15-24-26(8,9)21(5,6)7/h13,17,20H,10-12,14-15H2,1-9H3/b16-13+/t17-,20?/m0/s1. The predicted octanol–water partition coefficient (Wildman–Crippen LogP) is 5.67. The average molecular weight is 385 g/mol. The number of carbonyl (C=O) groups excluding carboxylic acids is 2. The maximum atomic E-state index is 11.5. The third-order valence-electron chi connectivity index (χ3n) is 5.24. The summed E-state index contributed by atoms with van der Waals surface area (Å²) in [5.74, 6) is 0.0235. The van der Waals surface area contributed by atoms with E-state index in [0.717, 1.165) is 25.9 Å². The van der Waals surface area contributed by atoms with Gasteiger partial charge in [0.1, 0.15) is 0 Å². The second-order valence-corrected chi connectivity index (χ2v) is 13.9. The number of allylic oxidation sites excluding steroid dienone is 1. The summed E-state index contributed by atoms with van der Waals surface area (Å²) in [6.07, 6.45) is 5.05. The molecule has 0 rings (SSSR count). The lowest BCUT2D eigenvalue weighted by molar-refractivity contribution is -0.152. The van der Waals surface area contributed by atoms with Crippen LogP contribution in [0.15, 0.2) is 11.6 Å². The lowest BCUT2D eigenvalue weighted by Gasteiger charge is -2.37. The maximum absolute atomic E-state index is 11.5. The Labute approximate surface area is 161 Å². The lowest BCUT2D eigenvalue weighted by atomic mass is 10.0.